The van der Waals surface area contributed by atoms with E-state index in [1.54, 1.807) is 6.26 Å². The summed E-state index contributed by atoms with van der Waals surface area (Å²) in [7, 11) is 0. The Kier molecular flexibility index (Phi) is 4.64. The van der Waals surface area contributed by atoms with Crippen LogP contribution in [0.4, 0.5) is 0 Å². The van der Waals surface area contributed by atoms with Crippen molar-refractivity contribution < 1.29 is 14.3 Å². The first kappa shape index (κ1) is 14.1. The molecule has 2 rings (SSSR count). The molecule has 1 fully saturated rings. The fourth-order valence-electron chi connectivity index (χ4n) is 3.00. The molecule has 0 amide bonds. The second kappa shape index (κ2) is 6.24. The molecule has 0 saturated heterocycles. The minimum atomic E-state index is -0.634. The van der Waals surface area contributed by atoms with Crippen LogP contribution in [0.3, 0.4) is 0 Å². The monoisotopic (exact) mass is 265 g/mol. The van der Waals surface area contributed by atoms with Crippen molar-refractivity contribution in [3.8, 4) is 0 Å². The topological polar surface area (TPSA) is 53.7 Å². The lowest BCUT2D eigenvalue weighted by Crippen LogP contribution is -2.44. The molecule has 1 saturated carbocycles. The van der Waals surface area contributed by atoms with Crippen molar-refractivity contribution in [2.75, 3.05) is 13.1 Å². The van der Waals surface area contributed by atoms with E-state index in [9.17, 15) is 9.90 Å². The lowest BCUT2D eigenvalue weighted by molar-refractivity contribution is -0.152. The van der Waals surface area contributed by atoms with Crippen molar-refractivity contribution in [2.24, 2.45) is 5.41 Å². The molecular weight excluding hydrogens is 242 g/mol. The highest BCUT2D eigenvalue weighted by Crippen LogP contribution is 2.37. The lowest BCUT2D eigenvalue weighted by Gasteiger charge is -2.37. The number of hydrogen-bond acceptors (Lipinski definition) is 3. The Hall–Kier alpha value is -1.29. The molecule has 0 spiro atoms. The molecule has 0 unspecified atom stereocenters. The molecule has 0 bridgehead atoms. The normalized spacial score (nSPS) is 18.6. The Morgan fingerprint density at radius 3 is 2.68 bits per heavy atom. The molecule has 4 nitrogen and oxygen atoms in total. The van der Waals surface area contributed by atoms with E-state index >= 15 is 0 Å². The van der Waals surface area contributed by atoms with Gasteiger partial charge in [-0.3, -0.25) is 9.69 Å². The maximum absolute atomic E-state index is 11.7. The van der Waals surface area contributed by atoms with E-state index < -0.39 is 11.4 Å². The van der Waals surface area contributed by atoms with Crippen molar-refractivity contribution in [3.63, 3.8) is 0 Å². The van der Waals surface area contributed by atoms with Crippen LogP contribution in [0, 0.1) is 5.41 Å². The van der Waals surface area contributed by atoms with Gasteiger partial charge in [0.2, 0.25) is 0 Å². The Morgan fingerprint density at radius 2 is 2.16 bits per heavy atom. The minimum Gasteiger partial charge on any atom is -0.481 e. The smallest absolute Gasteiger partial charge is 0.310 e. The second-order valence-corrected chi connectivity index (χ2v) is 5.53. The molecule has 106 valence electrons. The average Bonchev–Trinajstić information content (AvgIpc) is 2.92. The molecule has 4 heteroatoms. The molecule has 1 aromatic heterocycles. The van der Waals surface area contributed by atoms with Gasteiger partial charge in [-0.25, -0.2) is 0 Å². The molecule has 1 aliphatic carbocycles. The highest BCUT2D eigenvalue weighted by atomic mass is 16.4. The molecule has 1 N–H and O–H groups in total. The van der Waals surface area contributed by atoms with Gasteiger partial charge in [0.05, 0.1) is 18.2 Å². The molecule has 0 aromatic carbocycles. The summed E-state index contributed by atoms with van der Waals surface area (Å²) in [6.45, 7) is 4.23. The van der Waals surface area contributed by atoms with Gasteiger partial charge in [0.15, 0.2) is 0 Å². The summed E-state index contributed by atoms with van der Waals surface area (Å²) in [6.07, 6.45) is 6.50. The van der Waals surface area contributed by atoms with Gasteiger partial charge in [-0.05, 0) is 31.5 Å². The van der Waals surface area contributed by atoms with Gasteiger partial charge >= 0.3 is 5.97 Å². The zero-order valence-electron chi connectivity index (χ0n) is 11.6. The van der Waals surface area contributed by atoms with Crippen molar-refractivity contribution in [1.82, 2.24) is 4.90 Å². The van der Waals surface area contributed by atoms with Gasteiger partial charge in [-0.1, -0.05) is 26.2 Å². The number of carbonyl (C=O) groups is 1. The van der Waals surface area contributed by atoms with Gasteiger partial charge in [-0.15, -0.1) is 0 Å². The Bertz CT molecular complexity index is 394. The lowest BCUT2D eigenvalue weighted by atomic mass is 9.73. The quantitative estimate of drug-likeness (QED) is 0.858. The first-order valence-corrected chi connectivity index (χ1v) is 7.14. The van der Waals surface area contributed by atoms with Crippen LogP contribution in [0.2, 0.25) is 0 Å². The Morgan fingerprint density at radius 1 is 1.42 bits per heavy atom. The highest BCUT2D eigenvalue weighted by Gasteiger charge is 2.40. The molecule has 0 atom stereocenters. The third-order valence-corrected chi connectivity index (χ3v) is 4.20. The van der Waals surface area contributed by atoms with E-state index in [2.05, 4.69) is 11.8 Å². The third-order valence-electron chi connectivity index (χ3n) is 4.20. The predicted molar refractivity (Wildman–Crippen MR) is 72.8 cm³/mol. The van der Waals surface area contributed by atoms with Crippen LogP contribution in [-0.2, 0) is 11.3 Å². The molecule has 1 aliphatic rings. The summed E-state index contributed by atoms with van der Waals surface area (Å²) < 4.78 is 5.36. The molecule has 0 aliphatic heterocycles. The summed E-state index contributed by atoms with van der Waals surface area (Å²) in [5.41, 5.74) is -0.555. The van der Waals surface area contributed by atoms with E-state index in [1.807, 2.05) is 12.1 Å². The van der Waals surface area contributed by atoms with Crippen LogP contribution in [0.5, 0.6) is 0 Å². The highest BCUT2D eigenvalue weighted by molar-refractivity contribution is 5.75. The minimum absolute atomic E-state index is 0.555. The number of nitrogens with zero attached hydrogens (tertiary/aromatic N) is 1. The Labute approximate surface area is 114 Å². The van der Waals surface area contributed by atoms with Crippen LogP contribution in [0.25, 0.3) is 0 Å². The fraction of sp³-hybridized carbons (Fsp3) is 0.667. The number of hydrogen-bond donors (Lipinski definition) is 1. The summed E-state index contributed by atoms with van der Waals surface area (Å²) in [4.78, 5) is 13.9. The number of carboxylic acids is 1. The van der Waals surface area contributed by atoms with E-state index in [4.69, 9.17) is 4.42 Å². The van der Waals surface area contributed by atoms with Crippen molar-refractivity contribution in [2.45, 2.75) is 45.6 Å². The van der Waals surface area contributed by atoms with Crippen molar-refractivity contribution in [1.29, 1.82) is 0 Å². The van der Waals surface area contributed by atoms with Gasteiger partial charge in [0.1, 0.15) is 5.76 Å². The molecule has 1 heterocycles. The molecule has 0 radical (unpaired) electrons. The van der Waals surface area contributed by atoms with Crippen LogP contribution in [-0.4, -0.2) is 29.1 Å². The van der Waals surface area contributed by atoms with E-state index in [-0.39, 0.29) is 0 Å². The number of furan rings is 1. The first-order valence-electron chi connectivity index (χ1n) is 7.14. The summed E-state index contributed by atoms with van der Waals surface area (Å²) >= 11 is 0. The van der Waals surface area contributed by atoms with E-state index in [0.29, 0.717) is 13.1 Å². The number of rotatable bonds is 6. The van der Waals surface area contributed by atoms with Crippen LogP contribution < -0.4 is 0 Å². The van der Waals surface area contributed by atoms with Crippen molar-refractivity contribution >= 4 is 5.97 Å². The summed E-state index contributed by atoms with van der Waals surface area (Å²) in [5.74, 6) is 0.267. The summed E-state index contributed by atoms with van der Waals surface area (Å²) in [5, 5.41) is 9.61. The van der Waals surface area contributed by atoms with Gasteiger partial charge < -0.3 is 9.52 Å². The number of aliphatic carboxylic acids is 1. The van der Waals surface area contributed by atoms with Gasteiger partial charge in [0, 0.05) is 6.54 Å². The zero-order valence-corrected chi connectivity index (χ0v) is 11.6. The summed E-state index contributed by atoms with van der Waals surface area (Å²) in [6, 6.07) is 3.81. The Balaban J connectivity index is 2.03. The van der Waals surface area contributed by atoms with Crippen molar-refractivity contribution in [3.05, 3.63) is 24.2 Å². The number of carboxylic acid groups (broad SMARTS) is 1. The first-order chi connectivity index (χ1) is 9.16. The zero-order chi connectivity index (χ0) is 13.7. The predicted octanol–water partition coefficient (Wildman–Crippen LogP) is 3.14. The van der Waals surface area contributed by atoms with E-state index in [0.717, 1.165) is 38.0 Å². The third kappa shape index (κ3) is 3.38. The standard InChI is InChI=1S/C15H23NO3/c1-2-16(11-13-7-6-10-19-13)12-15(14(17)18)8-4-3-5-9-15/h6-7,10H,2-5,8-9,11-12H2,1H3,(H,17,18). The van der Waals surface area contributed by atoms with E-state index in [1.165, 1.54) is 6.42 Å². The maximum atomic E-state index is 11.7. The SMILES string of the molecule is CCN(Cc1ccco1)CC1(C(=O)O)CCCCC1. The molecule has 19 heavy (non-hydrogen) atoms. The van der Waals surface area contributed by atoms with Crippen LogP contribution >= 0.6 is 0 Å². The largest absolute Gasteiger partial charge is 0.481 e. The average molecular weight is 265 g/mol. The van der Waals surface area contributed by atoms with Gasteiger partial charge in [-0.2, -0.15) is 0 Å². The maximum Gasteiger partial charge on any atom is 0.310 e. The van der Waals surface area contributed by atoms with Crippen LogP contribution in [0.15, 0.2) is 22.8 Å². The van der Waals surface area contributed by atoms with Gasteiger partial charge in [0.25, 0.3) is 0 Å². The molecule has 1 aromatic rings. The fourth-order valence-corrected chi connectivity index (χ4v) is 3.00. The second-order valence-electron chi connectivity index (χ2n) is 5.53. The molecular formula is C15H23NO3. The van der Waals surface area contributed by atoms with Crippen LogP contribution in [0.1, 0.15) is 44.8 Å².